The Bertz CT molecular complexity index is 1140. The molecule has 3 aromatic heterocycles. The Hall–Kier alpha value is -2.84. The van der Waals surface area contributed by atoms with Gasteiger partial charge in [0, 0.05) is 53.8 Å². The number of fused-ring (bicyclic) bond motifs is 1. The highest BCUT2D eigenvalue weighted by atomic mass is 32.1. The third-order valence-corrected chi connectivity index (χ3v) is 7.57. The van der Waals surface area contributed by atoms with Gasteiger partial charge in [0.25, 0.3) is 0 Å². The minimum atomic E-state index is -0.124. The smallest absolute Gasteiger partial charge is 0.244 e. The highest BCUT2D eigenvalue weighted by Crippen LogP contribution is 2.25. The molecule has 0 saturated carbocycles. The number of hydrogen-bond donors (Lipinski definition) is 1. The second-order valence-electron chi connectivity index (χ2n) is 7.82. The number of pyridine rings is 1. The summed E-state index contributed by atoms with van der Waals surface area (Å²) in [6.07, 6.45) is 7.27. The van der Waals surface area contributed by atoms with Crippen LogP contribution in [0.25, 0.3) is 6.08 Å². The highest BCUT2D eigenvalue weighted by Gasteiger charge is 2.24. The molecule has 0 bridgehead atoms. The van der Waals surface area contributed by atoms with Gasteiger partial charge in [0.15, 0.2) is 0 Å². The van der Waals surface area contributed by atoms with Gasteiger partial charge in [-0.3, -0.25) is 14.6 Å². The van der Waals surface area contributed by atoms with Crippen LogP contribution >= 0.6 is 22.7 Å². The lowest BCUT2D eigenvalue weighted by atomic mass is 9.94. The Morgan fingerprint density at radius 1 is 1.22 bits per heavy atom. The van der Waals surface area contributed by atoms with E-state index >= 15 is 0 Å². The Labute approximate surface area is 196 Å². The van der Waals surface area contributed by atoms with Crippen molar-refractivity contribution in [1.82, 2.24) is 20.2 Å². The Morgan fingerprint density at radius 2 is 2.09 bits per heavy atom. The number of thiazole rings is 1. The third kappa shape index (κ3) is 5.31. The summed E-state index contributed by atoms with van der Waals surface area (Å²) in [4.78, 5) is 38.0. The highest BCUT2D eigenvalue weighted by molar-refractivity contribution is 7.10. The Kier molecular flexibility index (Phi) is 7.12. The lowest BCUT2D eigenvalue weighted by Gasteiger charge is -2.30. The van der Waals surface area contributed by atoms with E-state index in [1.807, 2.05) is 54.0 Å². The van der Waals surface area contributed by atoms with Crippen molar-refractivity contribution in [2.45, 2.75) is 46.2 Å². The molecule has 0 aromatic carbocycles. The van der Waals surface area contributed by atoms with Crippen molar-refractivity contribution in [2.24, 2.45) is 0 Å². The van der Waals surface area contributed by atoms with Gasteiger partial charge in [0.1, 0.15) is 0 Å². The second kappa shape index (κ2) is 10.2. The summed E-state index contributed by atoms with van der Waals surface area (Å²) in [7, 11) is 0. The van der Waals surface area contributed by atoms with Crippen LogP contribution in [0.1, 0.15) is 44.3 Å². The molecule has 6 nitrogen and oxygen atoms in total. The molecule has 0 atom stereocenters. The topological polar surface area (TPSA) is 75.2 Å². The van der Waals surface area contributed by atoms with E-state index in [1.165, 1.54) is 10.4 Å². The van der Waals surface area contributed by atoms with Crippen molar-refractivity contribution in [2.75, 3.05) is 6.54 Å². The van der Waals surface area contributed by atoms with Gasteiger partial charge >= 0.3 is 0 Å². The first-order chi connectivity index (χ1) is 15.5. The zero-order valence-corrected chi connectivity index (χ0v) is 19.9. The number of carbonyl (C=O) groups is 2. The first kappa shape index (κ1) is 22.4. The molecule has 166 valence electrons. The summed E-state index contributed by atoms with van der Waals surface area (Å²) in [6.45, 7) is 5.66. The van der Waals surface area contributed by atoms with E-state index < -0.39 is 0 Å². The average molecular weight is 467 g/mol. The van der Waals surface area contributed by atoms with Gasteiger partial charge in [0.05, 0.1) is 11.2 Å². The molecule has 0 aliphatic carbocycles. The second-order valence-corrected chi connectivity index (χ2v) is 9.74. The molecule has 4 rings (SSSR count). The fraction of sp³-hybridized carbons (Fsp3) is 0.333. The quantitative estimate of drug-likeness (QED) is 0.533. The summed E-state index contributed by atoms with van der Waals surface area (Å²) in [5.41, 5.74) is 7.12. The Morgan fingerprint density at radius 3 is 2.84 bits per heavy atom. The number of hydrogen-bond acceptors (Lipinski definition) is 6. The monoisotopic (exact) mass is 466 g/mol. The zero-order valence-electron chi connectivity index (χ0n) is 18.3. The average Bonchev–Trinajstić information content (AvgIpc) is 3.46. The lowest BCUT2D eigenvalue weighted by molar-refractivity contribution is -0.132. The third-order valence-electron chi connectivity index (χ3n) is 5.74. The molecule has 4 heterocycles. The molecule has 0 fully saturated rings. The van der Waals surface area contributed by atoms with Gasteiger partial charge in [-0.25, -0.2) is 4.98 Å². The molecule has 1 aliphatic rings. The van der Waals surface area contributed by atoms with Gasteiger partial charge in [-0.2, -0.15) is 0 Å². The van der Waals surface area contributed by atoms with Crippen LogP contribution in [-0.2, 0) is 35.5 Å². The van der Waals surface area contributed by atoms with Crippen LogP contribution in [0.15, 0.2) is 35.3 Å². The van der Waals surface area contributed by atoms with Crippen LogP contribution in [-0.4, -0.2) is 33.2 Å². The maximum absolute atomic E-state index is 12.8. The Balaban J connectivity index is 1.37. The molecule has 0 saturated heterocycles. The van der Waals surface area contributed by atoms with Crippen LogP contribution in [0.4, 0.5) is 0 Å². The minimum Gasteiger partial charge on any atom is -0.348 e. The van der Waals surface area contributed by atoms with Crippen LogP contribution in [0, 0.1) is 13.8 Å². The summed E-state index contributed by atoms with van der Waals surface area (Å²) < 4.78 is 0. The number of thiophene rings is 1. The van der Waals surface area contributed by atoms with Gasteiger partial charge in [0.2, 0.25) is 11.8 Å². The van der Waals surface area contributed by atoms with Crippen LogP contribution in [0.5, 0.6) is 0 Å². The van der Waals surface area contributed by atoms with E-state index in [4.69, 9.17) is 0 Å². The van der Waals surface area contributed by atoms with E-state index in [0.717, 1.165) is 40.2 Å². The van der Waals surface area contributed by atoms with Gasteiger partial charge in [-0.15, -0.1) is 22.7 Å². The van der Waals surface area contributed by atoms with Crippen molar-refractivity contribution in [3.63, 3.8) is 0 Å². The van der Waals surface area contributed by atoms with Crippen LogP contribution in [0.2, 0.25) is 0 Å². The fourth-order valence-corrected chi connectivity index (χ4v) is 5.29. The van der Waals surface area contributed by atoms with Crippen molar-refractivity contribution in [3.05, 3.63) is 73.1 Å². The molecular weight excluding hydrogens is 440 g/mol. The van der Waals surface area contributed by atoms with E-state index in [1.54, 1.807) is 28.7 Å². The largest absolute Gasteiger partial charge is 0.348 e. The van der Waals surface area contributed by atoms with Gasteiger partial charge < -0.3 is 10.2 Å². The van der Waals surface area contributed by atoms with Gasteiger partial charge in [-0.05, 0) is 60.9 Å². The number of nitrogens with one attached hydrogen (secondary N) is 1. The number of amides is 2. The van der Waals surface area contributed by atoms with Crippen molar-refractivity contribution in [3.8, 4) is 0 Å². The zero-order chi connectivity index (χ0) is 22.5. The van der Waals surface area contributed by atoms with Crippen molar-refractivity contribution < 1.29 is 9.59 Å². The molecule has 1 aliphatic heterocycles. The predicted octanol–water partition coefficient (Wildman–Crippen LogP) is 4.06. The molecule has 0 spiro atoms. The maximum Gasteiger partial charge on any atom is 0.244 e. The standard InChI is InChI=1S/C24H26N4O2S2/c1-16-21(13-26-23(29)7-5-19-4-3-11-31-19)20-9-10-28(14-18(20)12-25-16)24(30)8-6-22-17(2)27-15-32-22/h3-5,7,11-12,15H,6,8-10,13-14H2,1-2H3,(H,26,29). The van der Waals surface area contributed by atoms with Gasteiger partial charge in [-0.1, -0.05) is 6.07 Å². The first-order valence-corrected chi connectivity index (χ1v) is 12.4. The summed E-state index contributed by atoms with van der Waals surface area (Å²) >= 11 is 3.20. The summed E-state index contributed by atoms with van der Waals surface area (Å²) in [5, 5.41) is 4.96. The number of carbonyl (C=O) groups excluding carboxylic acids is 2. The molecule has 2 amide bonds. The van der Waals surface area contributed by atoms with Crippen LogP contribution in [0.3, 0.4) is 0 Å². The summed E-state index contributed by atoms with van der Waals surface area (Å²) in [5.74, 6) is 0.0407. The fourth-order valence-electron chi connectivity index (χ4n) is 3.89. The number of rotatable bonds is 7. The van der Waals surface area contributed by atoms with Crippen molar-refractivity contribution >= 4 is 40.6 Å². The molecule has 0 radical (unpaired) electrons. The molecule has 1 N–H and O–H groups in total. The number of aryl methyl sites for hydroxylation is 3. The lowest BCUT2D eigenvalue weighted by Crippen LogP contribution is -2.37. The van der Waals surface area contributed by atoms with E-state index in [2.05, 4.69) is 15.3 Å². The van der Waals surface area contributed by atoms with E-state index in [9.17, 15) is 9.59 Å². The number of nitrogens with zero attached hydrogens (tertiary/aromatic N) is 3. The maximum atomic E-state index is 12.8. The first-order valence-electron chi connectivity index (χ1n) is 10.6. The van der Waals surface area contributed by atoms with Crippen LogP contribution < -0.4 is 5.32 Å². The predicted molar refractivity (Wildman–Crippen MR) is 128 cm³/mol. The molecule has 32 heavy (non-hydrogen) atoms. The summed E-state index contributed by atoms with van der Waals surface area (Å²) in [6, 6.07) is 3.93. The normalized spacial score (nSPS) is 13.4. The molecule has 8 heteroatoms. The van der Waals surface area contributed by atoms with Crippen molar-refractivity contribution in [1.29, 1.82) is 0 Å². The van der Waals surface area contributed by atoms with E-state index in [0.29, 0.717) is 26.1 Å². The number of aromatic nitrogens is 2. The minimum absolute atomic E-state index is 0.124. The van der Waals surface area contributed by atoms with E-state index in [-0.39, 0.29) is 11.8 Å². The molecule has 0 unspecified atom stereocenters. The molecular formula is C24H26N4O2S2. The SMILES string of the molecule is Cc1ncsc1CCC(=O)N1CCc2c(cnc(C)c2CNC(=O)C=Cc2cccs2)C1. The molecule has 3 aromatic rings.